The largest absolute Gasteiger partial charge is 0.455 e. The Morgan fingerprint density at radius 3 is 2.52 bits per heavy atom. The van der Waals surface area contributed by atoms with Gasteiger partial charge in [0.25, 0.3) is 0 Å². The third kappa shape index (κ3) is 7.11. The van der Waals surface area contributed by atoms with Crippen LogP contribution in [0.25, 0.3) is 0 Å². The molecule has 48 heavy (non-hydrogen) atoms. The predicted molar refractivity (Wildman–Crippen MR) is 179 cm³/mol. The van der Waals surface area contributed by atoms with Crippen LogP contribution < -0.4 is 5.32 Å². The summed E-state index contributed by atoms with van der Waals surface area (Å²) in [4.78, 5) is 61.9. The molecule has 12 nitrogen and oxygen atoms in total. The van der Waals surface area contributed by atoms with Crippen LogP contribution in [0, 0.1) is 11.8 Å². The van der Waals surface area contributed by atoms with Gasteiger partial charge in [-0.3, -0.25) is 24.1 Å². The number of allylic oxidation sites excluding steroid dienone is 1. The van der Waals surface area contributed by atoms with Crippen molar-refractivity contribution in [2.75, 3.05) is 65.6 Å². The van der Waals surface area contributed by atoms with Gasteiger partial charge in [-0.2, -0.15) is 0 Å². The number of nitrogens with zero attached hydrogens (tertiary/aromatic N) is 3. The van der Waals surface area contributed by atoms with Crippen molar-refractivity contribution < 1.29 is 38.5 Å². The Morgan fingerprint density at radius 1 is 0.958 bits per heavy atom. The molecule has 6 rings (SSSR count). The summed E-state index contributed by atoms with van der Waals surface area (Å²) in [5.41, 5.74) is -0.645. The summed E-state index contributed by atoms with van der Waals surface area (Å²) in [7, 11) is 0. The third-order valence-electron chi connectivity index (χ3n) is 10.0. The molecule has 0 radical (unpaired) electrons. The summed E-state index contributed by atoms with van der Waals surface area (Å²) in [5.74, 6) is -3.30. The molecular weight excluding hydrogens is 684 g/mol. The zero-order valence-electron chi connectivity index (χ0n) is 27.1. The predicted octanol–water partition coefficient (Wildman–Crippen LogP) is 1.93. The maximum absolute atomic E-state index is 14.8. The SMILES string of the molecule is O=C1CC/C=C\CN(CCN2CCOCC2)C(=O)[C@@H]2N(CCCCCO)C(=O)[C@H]3[C@H](C(=O)O[C@H](c4ccccc4)CN1)[C@H]1O[C@@]23C=C1Br. The Labute approximate surface area is 289 Å². The lowest BCUT2D eigenvalue weighted by Crippen LogP contribution is -2.57. The first-order valence-electron chi connectivity index (χ1n) is 17.1. The molecular formula is C35H45BrN4O8. The van der Waals surface area contributed by atoms with Crippen molar-refractivity contribution in [3.8, 4) is 0 Å². The van der Waals surface area contributed by atoms with Crippen molar-refractivity contribution >= 4 is 39.6 Å². The molecule has 0 saturated carbocycles. The Bertz CT molecular complexity index is 1400. The highest BCUT2D eigenvalue weighted by Crippen LogP contribution is 2.59. The molecule has 13 heteroatoms. The van der Waals surface area contributed by atoms with E-state index in [1.807, 2.05) is 48.6 Å². The molecule has 5 aliphatic heterocycles. The fraction of sp³-hybridized carbons (Fsp3) is 0.600. The second-order valence-corrected chi connectivity index (χ2v) is 13.9. The first kappa shape index (κ1) is 34.8. The average molecular weight is 730 g/mol. The number of carbonyl (C=O) groups excluding carboxylic acids is 4. The molecule has 5 aliphatic rings. The van der Waals surface area contributed by atoms with Crippen molar-refractivity contribution in [1.29, 1.82) is 0 Å². The molecule has 0 unspecified atom stereocenters. The number of rotatable bonds is 9. The molecule has 3 fully saturated rings. The van der Waals surface area contributed by atoms with Crippen LogP contribution in [0.4, 0.5) is 0 Å². The summed E-state index contributed by atoms with van der Waals surface area (Å²) in [6.45, 7) is 4.58. The van der Waals surface area contributed by atoms with E-state index in [0.717, 1.165) is 13.1 Å². The quantitative estimate of drug-likeness (QED) is 0.222. The lowest BCUT2D eigenvalue weighted by molar-refractivity contribution is -0.159. The monoisotopic (exact) mass is 728 g/mol. The Morgan fingerprint density at radius 2 is 1.75 bits per heavy atom. The van der Waals surface area contributed by atoms with E-state index >= 15 is 0 Å². The van der Waals surface area contributed by atoms with Gasteiger partial charge in [0.1, 0.15) is 29.8 Å². The average Bonchev–Trinajstić information content (AvgIpc) is 3.69. The van der Waals surface area contributed by atoms with Gasteiger partial charge in [0.05, 0.1) is 25.7 Å². The topological polar surface area (TPSA) is 138 Å². The number of benzene rings is 1. The summed E-state index contributed by atoms with van der Waals surface area (Å²) in [6.07, 6.45) is 6.62. The van der Waals surface area contributed by atoms with Gasteiger partial charge in [0, 0.05) is 56.8 Å². The number of morpholine rings is 1. The van der Waals surface area contributed by atoms with E-state index < -0.39 is 41.7 Å². The van der Waals surface area contributed by atoms with Crippen LogP contribution in [0.15, 0.2) is 53.0 Å². The fourth-order valence-corrected chi connectivity index (χ4v) is 8.31. The smallest absolute Gasteiger partial charge is 0.313 e. The van der Waals surface area contributed by atoms with E-state index in [4.69, 9.17) is 14.2 Å². The third-order valence-corrected chi connectivity index (χ3v) is 10.7. The Kier molecular flexibility index (Phi) is 11.3. The van der Waals surface area contributed by atoms with Crippen LogP contribution in [-0.4, -0.2) is 127 Å². The fourth-order valence-electron chi connectivity index (χ4n) is 7.57. The number of cyclic esters (lactones) is 1. The van der Waals surface area contributed by atoms with Crippen LogP contribution in [0.1, 0.15) is 43.8 Å². The normalized spacial score (nSPS) is 32.2. The van der Waals surface area contributed by atoms with Crippen LogP contribution >= 0.6 is 15.9 Å². The van der Waals surface area contributed by atoms with Crippen molar-refractivity contribution in [1.82, 2.24) is 20.0 Å². The zero-order chi connectivity index (χ0) is 33.7. The van der Waals surface area contributed by atoms with Crippen LogP contribution in [0.3, 0.4) is 0 Å². The number of esters is 1. The number of amides is 3. The van der Waals surface area contributed by atoms with Crippen LogP contribution in [0.5, 0.6) is 0 Å². The molecule has 2 N–H and O–H groups in total. The van der Waals surface area contributed by atoms with Gasteiger partial charge >= 0.3 is 5.97 Å². The number of carbonyl (C=O) groups is 4. The number of aliphatic hydroxyl groups is 1. The minimum absolute atomic E-state index is 0.0436. The van der Waals surface area contributed by atoms with E-state index in [-0.39, 0.29) is 37.3 Å². The molecule has 1 spiro atoms. The standard InChI is InChI=1S/C35H45BrN4O8/c36-25-22-35-29-28(30(25)48-35)34(45)47-26(24-10-4-1-5-11-24)23-37-27(42)12-6-2-7-13-39(16-15-38-17-20-46-21-18-38)33(44)31(35)40(32(29)43)14-8-3-9-19-41/h1-2,4-5,7,10-11,22,26,28-31,41H,3,6,8-9,12-21,23H2,(H,37,42)/b7-2-/t26-,28-,29+,30-,31-,35+/m0/s1. The molecule has 1 aromatic carbocycles. The molecule has 1 aromatic rings. The maximum Gasteiger partial charge on any atom is 0.313 e. The van der Waals surface area contributed by atoms with E-state index in [0.29, 0.717) is 75.1 Å². The number of aliphatic hydroxyl groups excluding tert-OH is 1. The van der Waals surface area contributed by atoms with E-state index in [1.165, 1.54) is 0 Å². The number of nitrogens with one attached hydrogen (secondary N) is 1. The zero-order valence-corrected chi connectivity index (χ0v) is 28.7. The van der Waals surface area contributed by atoms with Crippen LogP contribution in [0.2, 0.25) is 0 Å². The van der Waals surface area contributed by atoms with Gasteiger partial charge in [-0.15, -0.1) is 0 Å². The van der Waals surface area contributed by atoms with E-state index in [9.17, 15) is 24.3 Å². The number of halogens is 1. The number of fused-ring (bicyclic) bond motifs is 2. The number of likely N-dealkylation sites (tertiary alicyclic amines) is 1. The van der Waals surface area contributed by atoms with Crippen molar-refractivity contribution in [3.05, 3.63) is 58.6 Å². The summed E-state index contributed by atoms with van der Waals surface area (Å²) in [5, 5.41) is 12.3. The van der Waals surface area contributed by atoms with Crippen molar-refractivity contribution in [3.63, 3.8) is 0 Å². The first-order chi connectivity index (χ1) is 23.3. The maximum atomic E-state index is 14.8. The minimum atomic E-state index is -1.36. The second-order valence-electron chi connectivity index (χ2n) is 13.0. The highest BCUT2D eigenvalue weighted by molar-refractivity contribution is 9.11. The van der Waals surface area contributed by atoms with Gasteiger partial charge in [0.15, 0.2) is 0 Å². The van der Waals surface area contributed by atoms with Gasteiger partial charge in [0.2, 0.25) is 17.7 Å². The molecule has 5 heterocycles. The lowest BCUT2D eigenvalue weighted by atomic mass is 9.74. The van der Waals surface area contributed by atoms with Crippen molar-refractivity contribution in [2.45, 2.75) is 56.0 Å². The number of ether oxygens (including phenoxy) is 3. The van der Waals surface area contributed by atoms with Gasteiger partial charge < -0.3 is 34.4 Å². The Hall–Kier alpha value is -3.10. The molecule has 0 aliphatic carbocycles. The summed E-state index contributed by atoms with van der Waals surface area (Å²) in [6, 6.07) is 8.21. The molecule has 3 amide bonds. The Balaban J connectivity index is 1.36. The number of unbranched alkanes of at least 4 members (excludes halogenated alkanes) is 2. The van der Waals surface area contributed by atoms with Crippen molar-refractivity contribution in [2.24, 2.45) is 11.8 Å². The second kappa shape index (κ2) is 15.6. The minimum Gasteiger partial charge on any atom is -0.455 e. The highest BCUT2D eigenvalue weighted by Gasteiger charge is 2.74. The first-order valence-corrected chi connectivity index (χ1v) is 17.9. The van der Waals surface area contributed by atoms with Crippen LogP contribution in [-0.2, 0) is 33.4 Å². The number of hydrogen-bond acceptors (Lipinski definition) is 9. The molecule has 3 saturated heterocycles. The summed E-state index contributed by atoms with van der Waals surface area (Å²) >= 11 is 3.62. The van der Waals surface area contributed by atoms with E-state index in [2.05, 4.69) is 26.1 Å². The van der Waals surface area contributed by atoms with Gasteiger partial charge in [-0.05, 0) is 37.3 Å². The molecule has 5 bridgehead atoms. The van der Waals surface area contributed by atoms with Gasteiger partial charge in [-0.25, -0.2) is 0 Å². The molecule has 260 valence electrons. The van der Waals surface area contributed by atoms with Gasteiger partial charge in [-0.1, -0.05) is 58.4 Å². The summed E-state index contributed by atoms with van der Waals surface area (Å²) < 4.78 is 18.9. The molecule has 6 atom stereocenters. The number of hydrogen-bond donors (Lipinski definition) is 2. The van der Waals surface area contributed by atoms with E-state index in [1.54, 1.807) is 9.80 Å². The highest BCUT2D eigenvalue weighted by atomic mass is 79.9. The lowest BCUT2D eigenvalue weighted by Gasteiger charge is -2.37. The molecule has 0 aromatic heterocycles.